The minimum atomic E-state index is -0.395. The van der Waals surface area contributed by atoms with Gasteiger partial charge >= 0.3 is 5.97 Å². The van der Waals surface area contributed by atoms with Crippen molar-refractivity contribution in [2.45, 2.75) is 13.0 Å². The fraction of sp³-hybridized carbons (Fsp3) is 0.545. The molecule has 0 aliphatic carbocycles. The number of ether oxygens (including phenoxy) is 1. The Morgan fingerprint density at radius 2 is 2.18 bits per heavy atom. The number of aromatic nitrogens is 2. The van der Waals surface area contributed by atoms with Crippen LogP contribution < -0.4 is 10.2 Å². The monoisotopic (exact) mass is 236 g/mol. The van der Waals surface area contributed by atoms with Gasteiger partial charge in [0.1, 0.15) is 0 Å². The van der Waals surface area contributed by atoms with Gasteiger partial charge in [-0.1, -0.05) is 0 Å². The number of carbonyl (C=O) groups is 1. The SMILES string of the molecule is COC(=O)c1nc(N(C)C)nc2c1CCNC2. The van der Waals surface area contributed by atoms with Gasteiger partial charge in [-0.05, 0) is 13.0 Å². The molecule has 0 saturated carbocycles. The second kappa shape index (κ2) is 4.67. The van der Waals surface area contributed by atoms with Crippen molar-refractivity contribution in [3.8, 4) is 0 Å². The number of rotatable bonds is 2. The van der Waals surface area contributed by atoms with Gasteiger partial charge < -0.3 is 15.0 Å². The Kier molecular flexibility index (Phi) is 3.23. The maximum Gasteiger partial charge on any atom is 0.357 e. The van der Waals surface area contributed by atoms with Crippen molar-refractivity contribution in [1.82, 2.24) is 15.3 Å². The van der Waals surface area contributed by atoms with Gasteiger partial charge in [-0.25, -0.2) is 14.8 Å². The highest BCUT2D eigenvalue weighted by molar-refractivity contribution is 5.89. The number of anilines is 1. The molecule has 6 nitrogen and oxygen atoms in total. The van der Waals surface area contributed by atoms with Crippen LogP contribution in [0.15, 0.2) is 0 Å². The van der Waals surface area contributed by atoms with E-state index in [0.29, 0.717) is 18.2 Å². The first-order chi connectivity index (χ1) is 8.13. The standard InChI is InChI=1S/C11H16N4O2/c1-15(2)11-13-8-6-12-5-4-7(8)9(14-11)10(16)17-3/h12H,4-6H2,1-3H3. The zero-order valence-electron chi connectivity index (χ0n) is 10.3. The van der Waals surface area contributed by atoms with Crippen molar-refractivity contribution in [3.05, 3.63) is 17.0 Å². The lowest BCUT2D eigenvalue weighted by molar-refractivity contribution is 0.0592. The minimum Gasteiger partial charge on any atom is -0.464 e. The quantitative estimate of drug-likeness (QED) is 0.728. The number of hydrogen-bond donors (Lipinski definition) is 1. The highest BCUT2D eigenvalue weighted by Gasteiger charge is 2.22. The van der Waals surface area contributed by atoms with Crippen LogP contribution >= 0.6 is 0 Å². The predicted octanol–water partition coefficient (Wildman–Crippen LogP) is -0.0251. The van der Waals surface area contributed by atoms with Gasteiger partial charge in [-0.3, -0.25) is 0 Å². The van der Waals surface area contributed by atoms with E-state index in [1.807, 2.05) is 14.1 Å². The Balaban J connectivity index is 2.54. The second-order valence-electron chi connectivity index (χ2n) is 4.11. The molecule has 2 rings (SSSR count). The first kappa shape index (κ1) is 11.8. The zero-order chi connectivity index (χ0) is 12.4. The fourth-order valence-corrected chi connectivity index (χ4v) is 1.81. The second-order valence-corrected chi connectivity index (χ2v) is 4.11. The lowest BCUT2D eigenvalue weighted by atomic mass is 10.0. The van der Waals surface area contributed by atoms with Crippen LogP contribution in [0.2, 0.25) is 0 Å². The fourth-order valence-electron chi connectivity index (χ4n) is 1.81. The van der Waals surface area contributed by atoms with E-state index in [0.717, 1.165) is 24.2 Å². The van der Waals surface area contributed by atoms with Gasteiger partial charge in [0.15, 0.2) is 5.69 Å². The molecule has 0 aromatic carbocycles. The lowest BCUT2D eigenvalue weighted by Crippen LogP contribution is -2.29. The molecule has 1 aliphatic rings. The van der Waals surface area contributed by atoms with Crippen molar-refractivity contribution in [3.63, 3.8) is 0 Å². The average molecular weight is 236 g/mol. The van der Waals surface area contributed by atoms with Crippen molar-refractivity contribution in [2.75, 3.05) is 32.6 Å². The summed E-state index contributed by atoms with van der Waals surface area (Å²) in [6, 6.07) is 0. The summed E-state index contributed by atoms with van der Waals surface area (Å²) in [6.45, 7) is 1.50. The lowest BCUT2D eigenvalue weighted by Gasteiger charge is -2.20. The van der Waals surface area contributed by atoms with Gasteiger partial charge in [0.25, 0.3) is 0 Å². The molecule has 2 heterocycles. The van der Waals surface area contributed by atoms with Gasteiger partial charge in [0, 0.05) is 26.2 Å². The molecule has 1 aliphatic heterocycles. The Hall–Kier alpha value is -1.69. The molecule has 1 N–H and O–H groups in total. The van der Waals surface area contributed by atoms with E-state index in [1.54, 1.807) is 4.90 Å². The van der Waals surface area contributed by atoms with Crippen LogP contribution in [0, 0.1) is 0 Å². The van der Waals surface area contributed by atoms with Crippen molar-refractivity contribution < 1.29 is 9.53 Å². The number of fused-ring (bicyclic) bond motifs is 1. The van der Waals surface area contributed by atoms with E-state index in [2.05, 4.69) is 15.3 Å². The van der Waals surface area contributed by atoms with E-state index < -0.39 is 5.97 Å². The molecule has 0 fully saturated rings. The van der Waals surface area contributed by atoms with Crippen LogP contribution in [0.1, 0.15) is 21.7 Å². The van der Waals surface area contributed by atoms with Crippen LogP contribution in [-0.4, -0.2) is 43.7 Å². The number of esters is 1. The molecule has 0 bridgehead atoms. The summed E-state index contributed by atoms with van der Waals surface area (Å²) >= 11 is 0. The molecule has 6 heteroatoms. The van der Waals surface area contributed by atoms with Crippen molar-refractivity contribution in [2.24, 2.45) is 0 Å². The highest BCUT2D eigenvalue weighted by atomic mass is 16.5. The van der Waals surface area contributed by atoms with Gasteiger partial charge in [0.2, 0.25) is 5.95 Å². The summed E-state index contributed by atoms with van der Waals surface area (Å²) < 4.78 is 4.77. The maximum atomic E-state index is 11.7. The summed E-state index contributed by atoms with van der Waals surface area (Å²) in [5, 5.41) is 3.23. The normalized spacial score (nSPS) is 14.1. The zero-order valence-corrected chi connectivity index (χ0v) is 10.3. The number of carbonyl (C=O) groups excluding carboxylic acids is 1. The number of nitrogens with one attached hydrogen (secondary N) is 1. The van der Waals surface area contributed by atoms with E-state index in [1.165, 1.54) is 7.11 Å². The molecule has 0 amide bonds. The summed E-state index contributed by atoms with van der Waals surface area (Å²) in [5.74, 6) is 0.140. The minimum absolute atomic E-state index is 0.391. The number of hydrogen-bond acceptors (Lipinski definition) is 6. The summed E-state index contributed by atoms with van der Waals surface area (Å²) in [6.07, 6.45) is 0.757. The molecule has 17 heavy (non-hydrogen) atoms. The molecular weight excluding hydrogens is 220 g/mol. The van der Waals surface area contributed by atoms with Gasteiger partial charge in [0.05, 0.1) is 12.8 Å². The third kappa shape index (κ3) is 2.21. The Bertz CT molecular complexity index is 445. The molecule has 0 radical (unpaired) electrons. The molecule has 0 unspecified atom stereocenters. The first-order valence-electron chi connectivity index (χ1n) is 5.49. The Morgan fingerprint density at radius 1 is 1.41 bits per heavy atom. The average Bonchev–Trinajstić information content (AvgIpc) is 2.36. The van der Waals surface area contributed by atoms with Crippen LogP contribution in [0.3, 0.4) is 0 Å². The highest BCUT2D eigenvalue weighted by Crippen LogP contribution is 2.19. The van der Waals surface area contributed by atoms with E-state index in [9.17, 15) is 4.79 Å². The third-order valence-electron chi connectivity index (χ3n) is 2.70. The van der Waals surface area contributed by atoms with Crippen LogP contribution in [0.5, 0.6) is 0 Å². The Morgan fingerprint density at radius 3 is 2.82 bits per heavy atom. The number of methoxy groups -OCH3 is 1. The van der Waals surface area contributed by atoms with Gasteiger partial charge in [-0.15, -0.1) is 0 Å². The summed E-state index contributed by atoms with van der Waals surface area (Å²) in [7, 11) is 5.06. The first-order valence-corrected chi connectivity index (χ1v) is 5.49. The van der Waals surface area contributed by atoms with Crippen LogP contribution in [0.4, 0.5) is 5.95 Å². The smallest absolute Gasteiger partial charge is 0.357 e. The van der Waals surface area contributed by atoms with Crippen molar-refractivity contribution in [1.29, 1.82) is 0 Å². The topological polar surface area (TPSA) is 67.3 Å². The largest absolute Gasteiger partial charge is 0.464 e. The Labute approximate surface area is 100 Å². The van der Waals surface area contributed by atoms with E-state index in [4.69, 9.17) is 4.74 Å². The van der Waals surface area contributed by atoms with Crippen molar-refractivity contribution >= 4 is 11.9 Å². The number of nitrogens with zero attached hydrogens (tertiary/aromatic N) is 3. The summed E-state index contributed by atoms with van der Waals surface area (Å²) in [5.41, 5.74) is 2.18. The van der Waals surface area contributed by atoms with Crippen LogP contribution in [0.25, 0.3) is 0 Å². The van der Waals surface area contributed by atoms with E-state index >= 15 is 0 Å². The molecule has 0 saturated heterocycles. The van der Waals surface area contributed by atoms with Gasteiger partial charge in [-0.2, -0.15) is 0 Å². The third-order valence-corrected chi connectivity index (χ3v) is 2.70. The predicted molar refractivity (Wildman–Crippen MR) is 63.1 cm³/mol. The van der Waals surface area contributed by atoms with E-state index in [-0.39, 0.29) is 0 Å². The molecule has 1 aromatic rings. The molecule has 1 aromatic heterocycles. The molecule has 92 valence electrons. The molecule has 0 spiro atoms. The summed E-state index contributed by atoms with van der Waals surface area (Å²) in [4.78, 5) is 22.2. The molecule has 0 atom stereocenters. The maximum absolute atomic E-state index is 11.7. The van der Waals surface area contributed by atoms with Crippen LogP contribution in [-0.2, 0) is 17.7 Å². The molecular formula is C11H16N4O2.